The van der Waals surface area contributed by atoms with E-state index in [1.54, 1.807) is 7.05 Å². The van der Waals surface area contributed by atoms with Gasteiger partial charge in [-0.05, 0) is 12.0 Å². The number of hydrogen-bond donors (Lipinski definition) is 1. The van der Waals surface area contributed by atoms with Crippen molar-refractivity contribution < 1.29 is 8.42 Å². The molecule has 1 heterocycles. The molecule has 0 spiro atoms. The van der Waals surface area contributed by atoms with E-state index in [0.717, 1.165) is 12.0 Å². The Hall–Kier alpha value is -1.86. The molecule has 0 aliphatic heterocycles. The molecule has 0 saturated carbocycles. The van der Waals surface area contributed by atoms with E-state index in [9.17, 15) is 8.42 Å². The molecule has 0 unspecified atom stereocenters. The lowest BCUT2D eigenvalue weighted by atomic mass is 10.2. The maximum Gasteiger partial charge on any atom is 0.262 e. The van der Waals surface area contributed by atoms with Gasteiger partial charge in [-0.1, -0.05) is 37.3 Å². The van der Waals surface area contributed by atoms with Gasteiger partial charge in [0.05, 0.1) is 6.33 Å². The van der Waals surface area contributed by atoms with Crippen LogP contribution in [0.3, 0.4) is 0 Å². The zero-order chi connectivity index (χ0) is 15.5. The van der Waals surface area contributed by atoms with Crippen molar-refractivity contribution in [2.24, 2.45) is 7.05 Å². The molecule has 2 N–H and O–H groups in total. The smallest absolute Gasteiger partial charge is 0.262 e. The van der Waals surface area contributed by atoms with Crippen LogP contribution in [-0.2, 0) is 23.6 Å². The molecule has 0 atom stereocenters. The first-order chi connectivity index (χ1) is 9.96. The third-order valence-electron chi connectivity index (χ3n) is 3.17. The number of nitrogens with zero attached hydrogens (tertiary/aromatic N) is 3. The number of nitrogens with two attached hydrogens (primary N) is 1. The van der Waals surface area contributed by atoms with Gasteiger partial charge in [0.25, 0.3) is 10.0 Å². The van der Waals surface area contributed by atoms with Gasteiger partial charge in [-0.25, -0.2) is 13.4 Å². The van der Waals surface area contributed by atoms with Gasteiger partial charge in [0, 0.05) is 20.1 Å². The minimum atomic E-state index is -3.67. The lowest BCUT2D eigenvalue weighted by molar-refractivity contribution is 0.402. The van der Waals surface area contributed by atoms with Crippen LogP contribution in [0.1, 0.15) is 18.9 Å². The summed E-state index contributed by atoms with van der Waals surface area (Å²) in [5.41, 5.74) is 6.66. The SMILES string of the molecule is CCCN(Cc1ccccc1)S(=O)(=O)c1c(N)ncn1C. The van der Waals surface area contributed by atoms with Gasteiger partial charge in [-0.3, -0.25) is 0 Å². The second kappa shape index (κ2) is 6.28. The molecule has 0 aliphatic rings. The molecule has 114 valence electrons. The molecular weight excluding hydrogens is 288 g/mol. The highest BCUT2D eigenvalue weighted by Gasteiger charge is 2.29. The first-order valence-corrected chi connectivity index (χ1v) is 8.21. The lowest BCUT2D eigenvalue weighted by Gasteiger charge is -2.22. The Bertz CT molecular complexity index is 676. The number of aromatic nitrogens is 2. The number of benzene rings is 1. The number of anilines is 1. The molecule has 0 fully saturated rings. The Kier molecular flexibility index (Phi) is 4.64. The molecule has 0 radical (unpaired) electrons. The van der Waals surface area contributed by atoms with E-state index >= 15 is 0 Å². The van der Waals surface area contributed by atoms with Crippen LogP contribution in [0.2, 0.25) is 0 Å². The number of aryl methyl sites for hydroxylation is 1. The van der Waals surface area contributed by atoms with E-state index in [2.05, 4.69) is 4.98 Å². The van der Waals surface area contributed by atoms with Gasteiger partial charge in [0.2, 0.25) is 0 Å². The Morgan fingerprint density at radius 1 is 1.29 bits per heavy atom. The number of nitrogen functional groups attached to an aromatic ring is 1. The van der Waals surface area contributed by atoms with Crippen molar-refractivity contribution >= 4 is 15.8 Å². The van der Waals surface area contributed by atoms with Crippen molar-refractivity contribution in [3.63, 3.8) is 0 Å². The van der Waals surface area contributed by atoms with Gasteiger partial charge < -0.3 is 10.3 Å². The van der Waals surface area contributed by atoms with E-state index in [1.807, 2.05) is 37.3 Å². The lowest BCUT2D eigenvalue weighted by Crippen LogP contribution is -2.33. The van der Waals surface area contributed by atoms with Crippen LogP contribution in [0, 0.1) is 0 Å². The molecule has 0 saturated heterocycles. The average Bonchev–Trinajstić information content (AvgIpc) is 2.79. The Labute approximate surface area is 125 Å². The van der Waals surface area contributed by atoms with Crippen molar-refractivity contribution in [3.8, 4) is 0 Å². The van der Waals surface area contributed by atoms with E-state index in [-0.39, 0.29) is 10.8 Å². The molecule has 21 heavy (non-hydrogen) atoms. The highest BCUT2D eigenvalue weighted by Crippen LogP contribution is 2.22. The fraction of sp³-hybridized carbons (Fsp3) is 0.357. The quantitative estimate of drug-likeness (QED) is 0.879. The molecule has 2 rings (SSSR count). The summed E-state index contributed by atoms with van der Waals surface area (Å²) in [6.45, 7) is 2.70. The topological polar surface area (TPSA) is 81.2 Å². The molecule has 7 heteroatoms. The molecule has 6 nitrogen and oxygen atoms in total. The number of rotatable bonds is 6. The third kappa shape index (κ3) is 3.25. The van der Waals surface area contributed by atoms with Crippen molar-refractivity contribution in [1.29, 1.82) is 0 Å². The molecule has 1 aromatic carbocycles. The van der Waals surface area contributed by atoms with Crippen LogP contribution in [0.5, 0.6) is 0 Å². The minimum Gasteiger partial charge on any atom is -0.381 e. The fourth-order valence-electron chi connectivity index (χ4n) is 2.19. The summed E-state index contributed by atoms with van der Waals surface area (Å²) in [4.78, 5) is 3.87. The number of sulfonamides is 1. The maximum absolute atomic E-state index is 12.8. The molecule has 0 bridgehead atoms. The largest absolute Gasteiger partial charge is 0.381 e. The summed E-state index contributed by atoms with van der Waals surface area (Å²) < 4.78 is 28.5. The normalized spacial score (nSPS) is 12.0. The summed E-state index contributed by atoms with van der Waals surface area (Å²) in [5, 5.41) is 0.0480. The fourth-order valence-corrected chi connectivity index (χ4v) is 3.91. The second-order valence-corrected chi connectivity index (χ2v) is 6.72. The molecule has 2 aromatic rings. The number of imidazole rings is 1. The first kappa shape index (κ1) is 15.5. The van der Waals surface area contributed by atoms with Crippen molar-refractivity contribution in [2.75, 3.05) is 12.3 Å². The highest BCUT2D eigenvalue weighted by atomic mass is 32.2. The molecular formula is C14H20N4O2S. The van der Waals surface area contributed by atoms with Crippen molar-refractivity contribution in [1.82, 2.24) is 13.9 Å². The maximum atomic E-state index is 12.8. The summed E-state index contributed by atoms with van der Waals surface area (Å²) in [6, 6.07) is 9.51. The van der Waals surface area contributed by atoms with Crippen LogP contribution < -0.4 is 5.73 Å². The van der Waals surface area contributed by atoms with Gasteiger partial charge in [0.1, 0.15) is 0 Å². The Morgan fingerprint density at radius 2 is 1.95 bits per heavy atom. The van der Waals surface area contributed by atoms with E-state index in [4.69, 9.17) is 5.73 Å². The summed E-state index contributed by atoms with van der Waals surface area (Å²) >= 11 is 0. The monoisotopic (exact) mass is 308 g/mol. The third-order valence-corrected chi connectivity index (χ3v) is 5.15. The summed E-state index contributed by atoms with van der Waals surface area (Å²) in [7, 11) is -2.04. The highest BCUT2D eigenvalue weighted by molar-refractivity contribution is 7.89. The second-order valence-electron chi connectivity index (χ2n) is 4.87. The minimum absolute atomic E-state index is 0.0339. The Balaban J connectivity index is 2.37. The van der Waals surface area contributed by atoms with Gasteiger partial charge in [-0.2, -0.15) is 4.31 Å². The zero-order valence-electron chi connectivity index (χ0n) is 12.2. The van der Waals surface area contributed by atoms with Gasteiger partial charge in [0.15, 0.2) is 10.8 Å². The zero-order valence-corrected chi connectivity index (χ0v) is 13.0. The predicted molar refractivity (Wildman–Crippen MR) is 81.9 cm³/mol. The van der Waals surface area contributed by atoms with Crippen LogP contribution in [0.25, 0.3) is 0 Å². The van der Waals surface area contributed by atoms with E-state index in [1.165, 1.54) is 15.2 Å². The van der Waals surface area contributed by atoms with E-state index in [0.29, 0.717) is 13.1 Å². The first-order valence-electron chi connectivity index (χ1n) is 6.77. The number of hydrogen-bond acceptors (Lipinski definition) is 4. The van der Waals surface area contributed by atoms with Gasteiger partial charge in [-0.15, -0.1) is 0 Å². The van der Waals surface area contributed by atoms with Crippen molar-refractivity contribution in [3.05, 3.63) is 42.2 Å². The van der Waals surface area contributed by atoms with Crippen LogP contribution >= 0.6 is 0 Å². The Morgan fingerprint density at radius 3 is 2.48 bits per heavy atom. The average molecular weight is 308 g/mol. The van der Waals surface area contributed by atoms with Crippen molar-refractivity contribution in [2.45, 2.75) is 24.9 Å². The van der Waals surface area contributed by atoms with E-state index < -0.39 is 10.0 Å². The predicted octanol–water partition coefficient (Wildman–Crippen LogP) is 1.60. The standard InChI is InChI=1S/C14H20N4O2S/c1-3-9-18(10-12-7-5-4-6-8-12)21(19,20)14-13(15)16-11-17(14)2/h4-8,11H,3,9-10,15H2,1-2H3. The summed E-state index contributed by atoms with van der Waals surface area (Å²) in [6.07, 6.45) is 2.14. The molecule has 0 amide bonds. The van der Waals surface area contributed by atoms with Crippen LogP contribution in [-0.4, -0.2) is 28.8 Å². The van der Waals surface area contributed by atoms with Crippen LogP contribution in [0.15, 0.2) is 41.7 Å². The summed E-state index contributed by atoms with van der Waals surface area (Å²) in [5.74, 6) is 0.0339. The van der Waals surface area contributed by atoms with Crippen LogP contribution in [0.4, 0.5) is 5.82 Å². The molecule has 0 aliphatic carbocycles. The molecule has 1 aromatic heterocycles. The van der Waals surface area contributed by atoms with Gasteiger partial charge >= 0.3 is 0 Å².